The maximum Gasteiger partial charge on any atom is 0.307 e. The summed E-state index contributed by atoms with van der Waals surface area (Å²) in [4.78, 5) is 10.9. The summed E-state index contributed by atoms with van der Waals surface area (Å²) in [6.45, 7) is 0.355. The summed E-state index contributed by atoms with van der Waals surface area (Å²) in [5.41, 5.74) is 3.56. The third-order valence-corrected chi connectivity index (χ3v) is 4.29. The summed E-state index contributed by atoms with van der Waals surface area (Å²) >= 11 is 6.11. The molecule has 0 saturated heterocycles. The van der Waals surface area contributed by atoms with Crippen LogP contribution in [0.2, 0.25) is 5.02 Å². The summed E-state index contributed by atoms with van der Waals surface area (Å²) in [5.74, 6) is 0.520. The largest absolute Gasteiger partial charge is 0.496 e. The average Bonchev–Trinajstić information content (AvgIpc) is 2.66. The quantitative estimate of drug-likeness (QED) is 0.608. The van der Waals surface area contributed by atoms with Crippen molar-refractivity contribution in [2.45, 2.75) is 13.0 Å². The van der Waals surface area contributed by atoms with Gasteiger partial charge in [0.25, 0.3) is 0 Å². The third kappa shape index (κ3) is 5.02. The number of benzene rings is 3. The lowest BCUT2D eigenvalue weighted by Gasteiger charge is -2.13. The zero-order valence-corrected chi connectivity index (χ0v) is 15.6. The van der Waals surface area contributed by atoms with Crippen molar-refractivity contribution in [3.05, 3.63) is 82.9 Å². The Labute approximate surface area is 162 Å². The molecule has 0 saturated carbocycles. The van der Waals surface area contributed by atoms with Gasteiger partial charge in [0.1, 0.15) is 18.1 Å². The Balaban J connectivity index is 1.80. The first-order chi connectivity index (χ1) is 13.0. The highest BCUT2D eigenvalue weighted by Crippen LogP contribution is 2.32. The van der Waals surface area contributed by atoms with E-state index in [9.17, 15) is 4.79 Å². The van der Waals surface area contributed by atoms with Crippen LogP contribution in [0.25, 0.3) is 11.1 Å². The first kappa shape index (κ1) is 18.8. The summed E-state index contributed by atoms with van der Waals surface area (Å²) in [7, 11) is 1.63. The van der Waals surface area contributed by atoms with Crippen LogP contribution in [-0.2, 0) is 17.8 Å². The van der Waals surface area contributed by atoms with Gasteiger partial charge in [0.2, 0.25) is 0 Å². The molecular weight excluding hydrogens is 364 g/mol. The van der Waals surface area contributed by atoms with E-state index in [1.54, 1.807) is 25.3 Å². The van der Waals surface area contributed by atoms with Gasteiger partial charge in [0.15, 0.2) is 0 Å². The number of carboxylic acid groups (broad SMARTS) is 1. The Hall–Kier alpha value is -2.98. The molecule has 0 atom stereocenters. The molecule has 0 unspecified atom stereocenters. The van der Waals surface area contributed by atoms with E-state index in [4.69, 9.17) is 26.2 Å². The van der Waals surface area contributed by atoms with E-state index >= 15 is 0 Å². The molecule has 0 aliphatic carbocycles. The highest BCUT2D eigenvalue weighted by Gasteiger charge is 2.09. The minimum atomic E-state index is -0.867. The van der Waals surface area contributed by atoms with Gasteiger partial charge in [-0.15, -0.1) is 0 Å². The summed E-state index contributed by atoms with van der Waals surface area (Å²) < 4.78 is 11.3. The van der Waals surface area contributed by atoms with Crippen LogP contribution in [-0.4, -0.2) is 18.2 Å². The molecular formula is C22H19ClO4. The maximum absolute atomic E-state index is 10.9. The number of carboxylic acids is 1. The maximum atomic E-state index is 10.9. The molecule has 5 heteroatoms. The lowest BCUT2D eigenvalue weighted by atomic mass is 10.0. The molecule has 27 heavy (non-hydrogen) atoms. The predicted molar refractivity (Wildman–Crippen MR) is 106 cm³/mol. The topological polar surface area (TPSA) is 55.8 Å². The molecule has 3 rings (SSSR count). The Morgan fingerprint density at radius 2 is 1.81 bits per heavy atom. The number of halogens is 1. The fourth-order valence-corrected chi connectivity index (χ4v) is 3.00. The van der Waals surface area contributed by atoms with Gasteiger partial charge in [-0.2, -0.15) is 0 Å². The summed E-state index contributed by atoms with van der Waals surface area (Å²) in [5, 5.41) is 9.57. The van der Waals surface area contributed by atoms with Crippen LogP contribution < -0.4 is 9.47 Å². The number of hydrogen-bond donors (Lipinski definition) is 1. The van der Waals surface area contributed by atoms with Gasteiger partial charge in [0.05, 0.1) is 13.5 Å². The number of hydrogen-bond acceptors (Lipinski definition) is 3. The SMILES string of the molecule is COc1ccc(COc2cccc(CC(=O)O)c2)cc1-c1cccc(Cl)c1. The number of aliphatic carboxylic acids is 1. The third-order valence-electron chi connectivity index (χ3n) is 4.06. The summed E-state index contributed by atoms with van der Waals surface area (Å²) in [6, 6.07) is 20.5. The van der Waals surface area contributed by atoms with Crippen molar-refractivity contribution in [1.82, 2.24) is 0 Å². The number of ether oxygens (including phenoxy) is 2. The van der Waals surface area contributed by atoms with E-state index in [0.717, 1.165) is 22.4 Å². The molecule has 0 aliphatic heterocycles. The van der Waals surface area contributed by atoms with Crippen LogP contribution >= 0.6 is 11.6 Å². The van der Waals surface area contributed by atoms with Crippen molar-refractivity contribution >= 4 is 17.6 Å². The molecule has 1 N–H and O–H groups in total. The number of carbonyl (C=O) groups is 1. The van der Waals surface area contributed by atoms with Gasteiger partial charge in [-0.25, -0.2) is 0 Å². The van der Waals surface area contributed by atoms with Gasteiger partial charge in [-0.1, -0.05) is 41.9 Å². The molecule has 0 aromatic heterocycles. The van der Waals surface area contributed by atoms with E-state index in [-0.39, 0.29) is 6.42 Å². The van der Waals surface area contributed by atoms with Crippen LogP contribution in [0, 0.1) is 0 Å². The molecule has 0 spiro atoms. The van der Waals surface area contributed by atoms with Gasteiger partial charge in [-0.05, 0) is 53.1 Å². The second kappa shape index (κ2) is 8.60. The van der Waals surface area contributed by atoms with E-state index in [1.807, 2.05) is 48.5 Å². The molecule has 3 aromatic rings. The molecule has 0 fully saturated rings. The monoisotopic (exact) mass is 382 g/mol. The van der Waals surface area contributed by atoms with Crippen LogP contribution in [0.1, 0.15) is 11.1 Å². The number of methoxy groups -OCH3 is 1. The van der Waals surface area contributed by atoms with E-state index in [1.165, 1.54) is 0 Å². The van der Waals surface area contributed by atoms with Crippen molar-refractivity contribution in [1.29, 1.82) is 0 Å². The second-order valence-corrected chi connectivity index (χ2v) is 6.49. The standard InChI is InChI=1S/C22H19ClO4/c1-26-21-9-8-16(11-20(21)17-5-3-6-18(23)13-17)14-27-19-7-2-4-15(10-19)12-22(24)25/h2-11,13H,12,14H2,1H3,(H,24,25). The molecule has 138 valence electrons. The smallest absolute Gasteiger partial charge is 0.307 e. The van der Waals surface area contributed by atoms with Crippen LogP contribution in [0.4, 0.5) is 0 Å². The van der Waals surface area contributed by atoms with E-state index < -0.39 is 5.97 Å². The van der Waals surface area contributed by atoms with Gasteiger partial charge in [-0.3, -0.25) is 4.79 Å². The lowest BCUT2D eigenvalue weighted by molar-refractivity contribution is -0.136. The Morgan fingerprint density at radius 1 is 1.00 bits per heavy atom. The molecule has 0 bridgehead atoms. The van der Waals surface area contributed by atoms with Crippen molar-refractivity contribution in [2.75, 3.05) is 7.11 Å². The Morgan fingerprint density at radius 3 is 2.56 bits per heavy atom. The Bertz CT molecular complexity index is 953. The predicted octanol–water partition coefficient (Wildman–Crippen LogP) is 5.22. The highest BCUT2D eigenvalue weighted by atomic mass is 35.5. The van der Waals surface area contributed by atoms with Crippen molar-refractivity contribution < 1.29 is 19.4 Å². The van der Waals surface area contributed by atoms with Crippen molar-refractivity contribution in [2.24, 2.45) is 0 Å². The number of rotatable bonds is 7. The first-order valence-corrected chi connectivity index (χ1v) is 8.79. The van der Waals surface area contributed by atoms with Gasteiger partial charge < -0.3 is 14.6 Å². The van der Waals surface area contributed by atoms with Gasteiger partial charge >= 0.3 is 5.97 Å². The van der Waals surface area contributed by atoms with Crippen molar-refractivity contribution in [3.8, 4) is 22.6 Å². The molecule has 0 amide bonds. The zero-order chi connectivity index (χ0) is 19.2. The van der Waals surface area contributed by atoms with E-state index in [2.05, 4.69) is 0 Å². The zero-order valence-electron chi connectivity index (χ0n) is 14.8. The fraction of sp³-hybridized carbons (Fsp3) is 0.136. The molecule has 3 aromatic carbocycles. The van der Waals surface area contributed by atoms with Crippen LogP contribution in [0.15, 0.2) is 66.7 Å². The molecule has 0 aliphatic rings. The molecule has 0 radical (unpaired) electrons. The lowest BCUT2D eigenvalue weighted by Crippen LogP contribution is -2.01. The van der Waals surface area contributed by atoms with E-state index in [0.29, 0.717) is 22.9 Å². The van der Waals surface area contributed by atoms with Crippen molar-refractivity contribution in [3.63, 3.8) is 0 Å². The fourth-order valence-electron chi connectivity index (χ4n) is 2.81. The highest BCUT2D eigenvalue weighted by molar-refractivity contribution is 6.30. The average molecular weight is 383 g/mol. The minimum Gasteiger partial charge on any atom is -0.496 e. The molecule has 4 nitrogen and oxygen atoms in total. The van der Waals surface area contributed by atoms with Crippen LogP contribution in [0.3, 0.4) is 0 Å². The normalized spacial score (nSPS) is 10.4. The summed E-state index contributed by atoms with van der Waals surface area (Å²) in [6.07, 6.45) is -0.0291. The van der Waals surface area contributed by atoms with Gasteiger partial charge in [0, 0.05) is 10.6 Å². The second-order valence-electron chi connectivity index (χ2n) is 6.05. The minimum absolute atomic E-state index is 0.0291. The molecule has 0 heterocycles. The van der Waals surface area contributed by atoms with Crippen LogP contribution in [0.5, 0.6) is 11.5 Å². The Kier molecular flexibility index (Phi) is 5.99. The first-order valence-electron chi connectivity index (χ1n) is 8.41.